The summed E-state index contributed by atoms with van der Waals surface area (Å²) >= 11 is 3.69. The number of para-hydroxylation sites is 4. The van der Waals surface area contributed by atoms with Crippen molar-refractivity contribution in [2.24, 2.45) is 0 Å². The second-order valence-corrected chi connectivity index (χ2v) is 36.4. The number of hydrogen-bond acceptors (Lipinski definition) is 8. The van der Waals surface area contributed by atoms with Crippen LogP contribution in [0.3, 0.4) is 0 Å². The van der Waals surface area contributed by atoms with E-state index < -0.39 is 0 Å². The summed E-state index contributed by atoms with van der Waals surface area (Å²) in [6.45, 7) is 0. The number of nitrogens with zero attached hydrogens (tertiary/aromatic N) is 8. The Morgan fingerprint density at radius 1 is 0.147 bits per heavy atom. The fourth-order valence-corrected chi connectivity index (χ4v) is 22.3. The first-order valence-corrected chi connectivity index (χ1v) is 47.5. The molecule has 0 saturated heterocycles. The molecule has 0 aliphatic carbocycles. The topological polar surface area (TPSA) is 87.2 Å². The standard InChI is InChI=1S/2C63H40N4S/c1-6-20-41(21-7-1)47-31-18-32-48(42-22-8-2-9-23-42)59(47)45-36-37-49(55(38-45)63-65-61(43-24-10-3-11-25-43)64-62(66-63)44-26-12-4-13-27-44)51-33-19-34-52-54-39-53-50-30-16-17-35-56(50)67(46-28-14-5-15-29-46)57(53)40-58(54)68-60(51)52;1-6-19-41(20-7-1)49-30-18-31-50(42-21-8-2-9-22-42)60(49)46-34-35-48(55(37-46)63-65-61(43-23-10-3-11-24-43)64-62(66-63)44-25-12-4-13-26-44)45-33-36-52-54-39-53-51-29-16-17-32-56(51)67(47-27-14-5-15-28-47)57(53)40-59(54)68-58(52)38-45/h2*1-40H. The summed E-state index contributed by atoms with van der Waals surface area (Å²) in [7, 11) is 0. The smallest absolute Gasteiger partial charge is 0.164 e. The molecule has 636 valence electrons. The minimum atomic E-state index is 0.611. The van der Waals surface area contributed by atoms with Gasteiger partial charge in [0.1, 0.15) is 0 Å². The van der Waals surface area contributed by atoms with Gasteiger partial charge in [-0.25, -0.2) is 29.9 Å². The van der Waals surface area contributed by atoms with Crippen molar-refractivity contribution >= 4 is 107 Å². The van der Waals surface area contributed by atoms with Gasteiger partial charge in [-0.1, -0.05) is 406 Å². The zero-order valence-corrected chi connectivity index (χ0v) is 75.2. The monoisotopic (exact) mass is 1770 g/mol. The van der Waals surface area contributed by atoms with Crippen LogP contribution in [0.2, 0.25) is 0 Å². The zero-order valence-electron chi connectivity index (χ0n) is 73.6. The highest BCUT2D eigenvalue weighted by molar-refractivity contribution is 7.26. The molecule has 0 N–H and O–H groups in total. The van der Waals surface area contributed by atoms with Crippen LogP contribution >= 0.6 is 22.7 Å². The number of thiophene rings is 2. The van der Waals surface area contributed by atoms with Crippen molar-refractivity contribution < 1.29 is 0 Å². The van der Waals surface area contributed by atoms with Crippen LogP contribution in [0, 0.1) is 0 Å². The Kier molecular flexibility index (Phi) is 20.5. The summed E-state index contributed by atoms with van der Waals surface area (Å²) in [5.41, 5.74) is 30.7. The normalized spacial score (nSPS) is 11.5. The summed E-state index contributed by atoms with van der Waals surface area (Å²) < 4.78 is 9.73. The molecule has 0 fully saturated rings. The highest BCUT2D eigenvalue weighted by Gasteiger charge is 2.27. The van der Waals surface area contributed by atoms with Crippen LogP contribution in [-0.2, 0) is 0 Å². The van der Waals surface area contributed by atoms with Crippen LogP contribution in [0.25, 0.3) is 253 Å². The molecule has 8 nitrogen and oxygen atoms in total. The Hall–Kier alpha value is -17.5. The van der Waals surface area contributed by atoms with Crippen LogP contribution in [0.5, 0.6) is 0 Å². The molecule has 26 rings (SSSR count). The molecule has 6 aromatic heterocycles. The van der Waals surface area contributed by atoms with Crippen molar-refractivity contribution in [1.29, 1.82) is 0 Å². The molecule has 0 aliphatic heterocycles. The maximum absolute atomic E-state index is 5.38. The largest absolute Gasteiger partial charge is 0.309 e. The van der Waals surface area contributed by atoms with Gasteiger partial charge in [0.25, 0.3) is 0 Å². The maximum atomic E-state index is 5.38. The Labute approximate surface area is 793 Å². The molecule has 0 radical (unpaired) electrons. The predicted molar refractivity (Wildman–Crippen MR) is 570 cm³/mol. The number of fused-ring (bicyclic) bond motifs is 12. The van der Waals surface area contributed by atoms with Crippen LogP contribution in [0.15, 0.2) is 485 Å². The van der Waals surface area contributed by atoms with E-state index in [1.165, 1.54) is 84.0 Å². The minimum Gasteiger partial charge on any atom is -0.309 e. The van der Waals surface area contributed by atoms with Crippen LogP contribution in [0.4, 0.5) is 0 Å². The first kappa shape index (κ1) is 80.5. The summed E-state index contributed by atoms with van der Waals surface area (Å²) in [5, 5.41) is 9.96. The Bertz CT molecular complexity index is 8810. The highest BCUT2D eigenvalue weighted by Crippen LogP contribution is 2.51. The molecule has 0 aliphatic rings. The number of benzene rings is 20. The SMILES string of the molecule is c1ccc(-c2nc(-c3ccccc3)nc(-c3cc(-c4c(-c5ccccc5)cccc4-c4ccccc4)ccc3-c3ccc4c(c3)sc3cc5c(cc34)c3ccccc3n5-c3ccccc3)n2)cc1.c1ccc(-c2nc(-c3ccccc3)nc(-c3cc(-c4c(-c5ccccc5)cccc4-c4ccccc4)ccc3-c3cccc4c3sc3cc5c(cc34)c3ccccc3n5-c3ccccc3)n2)cc1. The van der Waals surface area contributed by atoms with E-state index in [1.807, 2.05) is 95.5 Å². The van der Waals surface area contributed by atoms with E-state index in [4.69, 9.17) is 29.9 Å². The average Bonchev–Trinajstić information content (AvgIpc) is 1.59. The third kappa shape index (κ3) is 14.7. The predicted octanol–water partition coefficient (Wildman–Crippen LogP) is 34.0. The lowest BCUT2D eigenvalue weighted by molar-refractivity contribution is 1.07. The Balaban J connectivity index is 0.000000145. The summed E-state index contributed by atoms with van der Waals surface area (Å²) in [6.07, 6.45) is 0. The van der Waals surface area contributed by atoms with Crippen molar-refractivity contribution in [1.82, 2.24) is 39.0 Å². The van der Waals surface area contributed by atoms with E-state index in [0.29, 0.717) is 34.9 Å². The number of aromatic nitrogens is 8. The lowest BCUT2D eigenvalue weighted by Crippen LogP contribution is -2.01. The van der Waals surface area contributed by atoms with Gasteiger partial charge in [-0.15, -0.1) is 22.7 Å². The van der Waals surface area contributed by atoms with E-state index >= 15 is 0 Å². The lowest BCUT2D eigenvalue weighted by atomic mass is 9.85. The van der Waals surface area contributed by atoms with Gasteiger partial charge in [-0.2, -0.15) is 0 Å². The van der Waals surface area contributed by atoms with Gasteiger partial charge in [0.05, 0.1) is 22.1 Å². The summed E-state index contributed by atoms with van der Waals surface area (Å²) in [5.74, 6) is 3.72. The molecule has 26 aromatic rings. The number of rotatable bonds is 16. The zero-order chi connectivity index (χ0) is 89.9. The van der Waals surface area contributed by atoms with E-state index in [9.17, 15) is 0 Å². The Morgan fingerprint density at radius 2 is 0.449 bits per heavy atom. The number of hydrogen-bond donors (Lipinski definition) is 0. The van der Waals surface area contributed by atoms with Gasteiger partial charge < -0.3 is 9.13 Å². The molecule has 0 spiro atoms. The summed E-state index contributed by atoms with van der Waals surface area (Å²) in [4.78, 5) is 31.7. The van der Waals surface area contributed by atoms with Crippen LogP contribution < -0.4 is 0 Å². The van der Waals surface area contributed by atoms with E-state index in [0.717, 1.165) is 134 Å². The van der Waals surface area contributed by atoms with Gasteiger partial charge in [0.2, 0.25) is 0 Å². The third-order valence-electron chi connectivity index (χ3n) is 26.2. The van der Waals surface area contributed by atoms with E-state index in [-0.39, 0.29) is 0 Å². The minimum absolute atomic E-state index is 0.611. The quantitative estimate of drug-likeness (QED) is 0.0958. The molecule has 0 atom stereocenters. The summed E-state index contributed by atoms with van der Waals surface area (Å²) in [6, 6.07) is 173. The molecule has 10 heteroatoms. The van der Waals surface area contributed by atoms with Gasteiger partial charge in [0.15, 0.2) is 34.9 Å². The third-order valence-corrected chi connectivity index (χ3v) is 28.5. The van der Waals surface area contributed by atoms with E-state index in [2.05, 4.69) is 422 Å². The molecule has 20 aromatic carbocycles. The van der Waals surface area contributed by atoms with Gasteiger partial charge in [-0.05, 0) is 162 Å². The molecular weight excluding hydrogens is 1690 g/mol. The van der Waals surface area contributed by atoms with Crippen molar-refractivity contribution in [3.05, 3.63) is 485 Å². The highest BCUT2D eigenvalue weighted by atomic mass is 32.1. The molecule has 136 heavy (non-hydrogen) atoms. The van der Waals surface area contributed by atoms with E-state index in [1.54, 1.807) is 0 Å². The van der Waals surface area contributed by atoms with Crippen molar-refractivity contribution in [3.8, 4) is 169 Å². The second-order valence-electron chi connectivity index (χ2n) is 34.2. The van der Waals surface area contributed by atoms with Crippen LogP contribution in [0.1, 0.15) is 0 Å². The molecular formula is C126H80N8S2. The molecule has 0 bridgehead atoms. The molecule has 6 heterocycles. The van der Waals surface area contributed by atoms with Crippen LogP contribution in [-0.4, -0.2) is 39.0 Å². The molecule has 0 saturated carbocycles. The lowest BCUT2D eigenvalue weighted by Gasteiger charge is -2.19. The fraction of sp³-hybridized carbons (Fsp3) is 0. The van der Waals surface area contributed by atoms with Gasteiger partial charge in [0, 0.05) is 112 Å². The van der Waals surface area contributed by atoms with Gasteiger partial charge in [-0.3, -0.25) is 0 Å². The van der Waals surface area contributed by atoms with Crippen molar-refractivity contribution in [2.75, 3.05) is 0 Å². The average molecular weight is 1770 g/mol. The second kappa shape index (κ2) is 34.6. The molecule has 0 unspecified atom stereocenters. The maximum Gasteiger partial charge on any atom is 0.164 e. The van der Waals surface area contributed by atoms with Crippen molar-refractivity contribution in [3.63, 3.8) is 0 Å². The fourth-order valence-electron chi connectivity index (χ4n) is 19.9. The first-order chi connectivity index (χ1) is 67.4. The van der Waals surface area contributed by atoms with Gasteiger partial charge >= 0.3 is 0 Å². The first-order valence-electron chi connectivity index (χ1n) is 45.9. The Morgan fingerprint density at radius 3 is 0.853 bits per heavy atom. The van der Waals surface area contributed by atoms with Crippen molar-refractivity contribution in [2.45, 2.75) is 0 Å². The molecule has 0 amide bonds.